The van der Waals surface area contributed by atoms with Crippen LogP contribution in [-0.2, 0) is 9.47 Å². The number of hydrogen-bond donors (Lipinski definition) is 18. The molecule has 0 fully saturated rings. The average Bonchev–Trinajstić information content (AvgIpc) is 0.925. The molecule has 0 saturated heterocycles. The van der Waals surface area contributed by atoms with Gasteiger partial charge in [0, 0.05) is 158 Å². The largest absolute Gasteiger partial charge is 0.444 e. The molecule has 99 heavy (non-hydrogen) atoms. The highest BCUT2D eigenvalue weighted by molar-refractivity contribution is 8.00. The highest BCUT2D eigenvalue weighted by Gasteiger charge is 2.26. The van der Waals surface area contributed by atoms with Gasteiger partial charge in [-0.1, -0.05) is 13.8 Å². The van der Waals surface area contributed by atoms with E-state index in [0.717, 1.165) is 85.2 Å². The van der Waals surface area contributed by atoms with Crippen LogP contribution in [0.5, 0.6) is 0 Å². The van der Waals surface area contributed by atoms with Gasteiger partial charge < -0.3 is 122 Å². The Morgan fingerprint density at radius 3 is 0.798 bits per heavy atom. The Hall–Kier alpha value is 1.67. The number of amides is 2. The summed E-state index contributed by atoms with van der Waals surface area (Å²) in [5.74, 6) is 8.94. The molecule has 610 valence electrons. The normalized spacial score (nSPS) is 12.3. The van der Waals surface area contributed by atoms with E-state index < -0.39 is 11.2 Å². The predicted octanol–water partition coefficient (Wildman–Crippen LogP) is 3.97. The zero-order chi connectivity index (χ0) is 79.5. The minimum atomic E-state index is -0.520. The van der Waals surface area contributed by atoms with E-state index in [1.54, 1.807) is 130 Å². The van der Waals surface area contributed by atoms with Gasteiger partial charge in [-0.3, -0.25) is 0 Å². The molecule has 0 aromatic carbocycles. The molecule has 0 bridgehead atoms. The Morgan fingerprint density at radius 1 is 0.384 bits per heavy atom. The fraction of sp³-hybridized carbons (Fsp3) is 0.969. The number of nitrogens with zero attached hydrogens (tertiary/aromatic N) is 2. The number of ether oxygens (including phenoxy) is 2. The second kappa shape index (κ2) is 86.9. The van der Waals surface area contributed by atoms with Gasteiger partial charge in [0.1, 0.15) is 11.2 Å². The SMILES string of the molecule is CNCC(CNC)CSC.CSC(CCN)CCN.CSC(CN)CN.CSC(CN)CN.CSCC(C)(CN)CN.CSCC(C)(CN)CN.CSCC(CN(C)C(=O)OC(C)(C)C)CN(C)C(=O)OC(C)(C)C.CSCC(N)C(N)CSC.CSCC(N)CN.CSCC(N)CN. The summed E-state index contributed by atoms with van der Waals surface area (Å²) in [7, 11) is 7.44. The summed E-state index contributed by atoms with van der Waals surface area (Å²) in [6, 6.07) is 0.690. The third-order valence-electron chi connectivity index (χ3n) is 12.9. The third kappa shape index (κ3) is 95.7. The number of nitrogens with one attached hydrogen (secondary N) is 2. The minimum Gasteiger partial charge on any atom is -0.444 e. The molecule has 0 aromatic rings. The predicted molar refractivity (Wildman–Crippen MR) is 478 cm³/mol. The van der Waals surface area contributed by atoms with Crippen LogP contribution in [0.3, 0.4) is 0 Å². The molecule has 0 aliphatic carbocycles. The molecule has 2 amide bonds. The Labute approximate surface area is 657 Å². The Bertz CT molecular complexity index is 1460. The molecule has 0 aliphatic rings. The molecule has 0 spiro atoms. The fourth-order valence-electron chi connectivity index (χ4n) is 6.63. The first kappa shape index (κ1) is 122. The maximum absolute atomic E-state index is 12.1. The van der Waals surface area contributed by atoms with Crippen molar-refractivity contribution in [2.45, 2.75) is 119 Å². The van der Waals surface area contributed by atoms with E-state index in [1.807, 2.05) is 123 Å². The number of rotatable bonds is 42. The van der Waals surface area contributed by atoms with Gasteiger partial charge in [-0.15, -0.1) is 0 Å². The molecular formula is C64H164N20O4S11. The van der Waals surface area contributed by atoms with Gasteiger partial charge in [0.05, 0.1) is 0 Å². The highest BCUT2D eigenvalue weighted by Crippen LogP contribution is 2.19. The van der Waals surface area contributed by atoms with Gasteiger partial charge in [-0.2, -0.15) is 129 Å². The van der Waals surface area contributed by atoms with Crippen LogP contribution in [0.25, 0.3) is 0 Å². The van der Waals surface area contributed by atoms with E-state index in [1.165, 1.54) is 5.75 Å². The van der Waals surface area contributed by atoms with Crippen LogP contribution in [0.1, 0.15) is 68.2 Å². The lowest BCUT2D eigenvalue weighted by Crippen LogP contribution is -2.44. The third-order valence-corrected chi connectivity index (χ3v) is 22.7. The second-order valence-corrected chi connectivity index (χ2v) is 36.2. The number of carbonyl (C=O) groups is 2. The van der Waals surface area contributed by atoms with Gasteiger partial charge >= 0.3 is 12.2 Å². The van der Waals surface area contributed by atoms with E-state index in [2.05, 4.69) is 49.5 Å². The molecule has 0 saturated carbocycles. The zero-order valence-corrected chi connectivity index (χ0v) is 75.8. The molecule has 0 aliphatic heterocycles. The van der Waals surface area contributed by atoms with Crippen LogP contribution in [0.2, 0.25) is 0 Å². The van der Waals surface area contributed by atoms with E-state index in [9.17, 15) is 9.59 Å². The zero-order valence-electron chi connectivity index (χ0n) is 66.8. The summed E-state index contributed by atoms with van der Waals surface area (Å²) in [4.78, 5) is 27.3. The summed E-state index contributed by atoms with van der Waals surface area (Å²) < 4.78 is 10.7. The van der Waals surface area contributed by atoms with Gasteiger partial charge in [-0.25, -0.2) is 9.59 Å². The molecule has 0 aromatic heterocycles. The van der Waals surface area contributed by atoms with Crippen LogP contribution in [0.4, 0.5) is 9.59 Å². The summed E-state index contributed by atoms with van der Waals surface area (Å²) >= 11 is 19.4. The molecule has 0 rings (SSSR count). The summed E-state index contributed by atoms with van der Waals surface area (Å²) in [5.41, 5.74) is 86.1. The minimum absolute atomic E-state index is 0.134. The van der Waals surface area contributed by atoms with Crippen molar-refractivity contribution in [1.29, 1.82) is 0 Å². The van der Waals surface area contributed by atoms with E-state index in [-0.39, 0.29) is 53.1 Å². The molecule has 4 unspecified atom stereocenters. The molecule has 34 N–H and O–H groups in total. The second-order valence-electron chi connectivity index (χ2n) is 25.6. The molecule has 0 radical (unpaired) electrons. The Morgan fingerprint density at radius 2 is 0.646 bits per heavy atom. The van der Waals surface area contributed by atoms with Crippen molar-refractivity contribution in [3.8, 4) is 0 Å². The summed E-state index contributed by atoms with van der Waals surface area (Å²) in [6.07, 6.45) is 24.1. The van der Waals surface area contributed by atoms with Gasteiger partial charge in [0.15, 0.2) is 0 Å². The topological polar surface area (TPSA) is 499 Å². The number of thioether (sulfide) groups is 11. The lowest BCUT2D eigenvalue weighted by molar-refractivity contribution is 0.0222. The van der Waals surface area contributed by atoms with E-state index in [4.69, 9.17) is 101 Å². The smallest absolute Gasteiger partial charge is 0.410 e. The number of nitrogens with two attached hydrogens (primary N) is 16. The standard InChI is InChI=1S/C17H34N2O4S.C7H18N2S.C6H16N2S2.3C6H16N2S.4C4H12N2S/c1-16(2,3)22-14(20)18(7)10-13(12-24-9)11-19(8)15(21)23-17(4,5)6;1-8-4-7(5-9-2)6-10-3;1-9-3-5(7)6(8)4-10-2;2*1-6(3-7,4-8)5-9-2;1-9-6(2-4-7)3-5-8;2*1-7-3-4(6)2-5;2*1-7-4(2-5)3-6/h13H,10-12H2,1-9H3;7-9H,4-6H2,1-3H3;5-6H,3-4,7-8H2,1-2H3;2*3-5,7-8H2,1-2H3;6H,2-5,7-8H2,1H3;4*4H,2-3,5-6H2,1H3. The van der Waals surface area contributed by atoms with E-state index >= 15 is 0 Å². The molecule has 35 heteroatoms. The average molecular weight is 1630 g/mol. The van der Waals surface area contributed by atoms with Crippen LogP contribution in [0, 0.1) is 22.7 Å². The van der Waals surface area contributed by atoms with Crippen LogP contribution < -0.4 is 102 Å². The fourth-order valence-corrected chi connectivity index (χ4v) is 13.8. The van der Waals surface area contributed by atoms with E-state index in [0.29, 0.717) is 94.3 Å². The lowest BCUT2D eigenvalue weighted by atomic mass is 9.94. The molecule has 4 atom stereocenters. The Balaban J connectivity index is -0.000000115. The quantitative estimate of drug-likeness (QED) is 0.0411. The molecule has 24 nitrogen and oxygen atoms in total. The van der Waals surface area contributed by atoms with Crippen molar-refractivity contribution in [3.05, 3.63) is 0 Å². The van der Waals surface area contributed by atoms with Gasteiger partial charge in [-0.05, 0) is 207 Å². The monoisotopic (exact) mass is 1630 g/mol. The van der Waals surface area contributed by atoms with Crippen molar-refractivity contribution < 1.29 is 19.1 Å². The van der Waals surface area contributed by atoms with Crippen molar-refractivity contribution in [2.24, 2.45) is 114 Å². The van der Waals surface area contributed by atoms with Crippen LogP contribution in [0.15, 0.2) is 0 Å². The van der Waals surface area contributed by atoms with Crippen molar-refractivity contribution in [1.82, 2.24) is 20.4 Å². The number of carbonyl (C=O) groups excluding carboxylic acids is 2. The summed E-state index contributed by atoms with van der Waals surface area (Å²) in [5, 5.41) is 7.97. The summed E-state index contributed by atoms with van der Waals surface area (Å²) in [6.45, 7) is 26.8. The Kier molecular flexibility index (Phi) is 107. The maximum Gasteiger partial charge on any atom is 0.410 e. The van der Waals surface area contributed by atoms with Gasteiger partial charge in [0.2, 0.25) is 0 Å². The van der Waals surface area contributed by atoms with Crippen molar-refractivity contribution >= 4 is 142 Å². The van der Waals surface area contributed by atoms with Gasteiger partial charge in [0.25, 0.3) is 0 Å². The first-order valence-electron chi connectivity index (χ1n) is 33.4. The first-order chi connectivity index (χ1) is 46.3. The number of hydrogen-bond acceptors (Lipinski definition) is 33. The van der Waals surface area contributed by atoms with Crippen LogP contribution in [-0.4, -0.2) is 321 Å². The highest BCUT2D eigenvalue weighted by atomic mass is 32.2. The maximum atomic E-state index is 12.1. The van der Waals surface area contributed by atoms with Crippen molar-refractivity contribution in [2.75, 3.05) is 248 Å². The van der Waals surface area contributed by atoms with Crippen molar-refractivity contribution in [3.63, 3.8) is 0 Å². The van der Waals surface area contributed by atoms with Crippen LogP contribution >= 0.6 is 129 Å². The molecular weight excluding hydrogens is 1470 g/mol. The first-order valence-corrected chi connectivity index (χ1v) is 48.5. The lowest BCUT2D eigenvalue weighted by Gasteiger charge is -2.30. The molecule has 0 heterocycles.